The van der Waals surface area contributed by atoms with E-state index in [9.17, 15) is 5.11 Å². The Kier molecular flexibility index (Phi) is 4.54. The lowest BCUT2D eigenvalue weighted by Gasteiger charge is -2.47. The summed E-state index contributed by atoms with van der Waals surface area (Å²) in [6.07, 6.45) is -3.39. The van der Waals surface area contributed by atoms with E-state index in [0.29, 0.717) is 6.61 Å². The van der Waals surface area contributed by atoms with Crippen molar-refractivity contribution < 1.29 is 28.8 Å². The zero-order chi connectivity index (χ0) is 14.8. The average molecular weight is 296 g/mol. The number of methoxy groups -OCH3 is 2. The summed E-state index contributed by atoms with van der Waals surface area (Å²) in [4.78, 5) is 0. The van der Waals surface area contributed by atoms with Crippen LogP contribution in [0.15, 0.2) is 30.3 Å². The predicted octanol–water partition coefficient (Wildman–Crippen LogP) is 0.848. The van der Waals surface area contributed by atoms with Crippen LogP contribution in [-0.4, -0.2) is 56.6 Å². The average Bonchev–Trinajstić information content (AvgIpc) is 2.54. The molecule has 0 saturated carbocycles. The molecule has 1 aromatic carbocycles. The number of fused-ring (bicyclic) bond motifs is 1. The number of aliphatic hydroxyl groups is 1. The zero-order valence-electron chi connectivity index (χ0n) is 12.0. The molecule has 116 valence electrons. The largest absolute Gasteiger partial charge is 0.385 e. The molecule has 3 rings (SSSR count). The predicted molar refractivity (Wildman–Crippen MR) is 72.5 cm³/mol. The normalized spacial score (nSPS) is 39.8. The highest BCUT2D eigenvalue weighted by Crippen LogP contribution is 2.35. The smallest absolute Gasteiger partial charge is 0.186 e. The van der Waals surface area contributed by atoms with Gasteiger partial charge in [0.1, 0.15) is 24.4 Å². The molecule has 1 N–H and O–H groups in total. The highest BCUT2D eigenvalue weighted by atomic mass is 16.8. The molecule has 0 spiro atoms. The fraction of sp³-hybridized carbons (Fsp3) is 0.600. The van der Waals surface area contributed by atoms with Gasteiger partial charge in [-0.25, -0.2) is 0 Å². The summed E-state index contributed by atoms with van der Waals surface area (Å²) >= 11 is 0. The molecule has 2 aliphatic rings. The Bertz CT molecular complexity index is 453. The minimum absolute atomic E-state index is 0.330. The van der Waals surface area contributed by atoms with Crippen LogP contribution < -0.4 is 0 Å². The maximum Gasteiger partial charge on any atom is 0.186 e. The summed E-state index contributed by atoms with van der Waals surface area (Å²) in [5.74, 6) is 0. The molecule has 6 heteroatoms. The van der Waals surface area contributed by atoms with Crippen molar-refractivity contribution in [3.05, 3.63) is 35.9 Å². The van der Waals surface area contributed by atoms with E-state index >= 15 is 0 Å². The van der Waals surface area contributed by atoms with Gasteiger partial charge in [0.05, 0.1) is 6.61 Å². The number of hydrogen-bond acceptors (Lipinski definition) is 6. The van der Waals surface area contributed by atoms with Crippen molar-refractivity contribution in [2.75, 3.05) is 20.8 Å². The molecule has 2 fully saturated rings. The maximum absolute atomic E-state index is 10.2. The molecule has 0 bridgehead atoms. The van der Waals surface area contributed by atoms with E-state index in [1.165, 1.54) is 7.11 Å². The summed E-state index contributed by atoms with van der Waals surface area (Å²) in [5, 5.41) is 10.2. The van der Waals surface area contributed by atoms with Crippen molar-refractivity contribution in [1.29, 1.82) is 0 Å². The molecule has 21 heavy (non-hydrogen) atoms. The number of benzene rings is 1. The molecule has 0 amide bonds. The SMILES string of the molecule is CO[C@H]1O[C@@H]2COC(c3ccccc3)O[C@@H]2[C@H](OC)[C@H]1O. The van der Waals surface area contributed by atoms with Gasteiger partial charge < -0.3 is 28.8 Å². The first kappa shape index (κ1) is 14.9. The molecule has 6 atom stereocenters. The first-order chi connectivity index (χ1) is 10.2. The van der Waals surface area contributed by atoms with Crippen molar-refractivity contribution in [2.45, 2.75) is 37.0 Å². The van der Waals surface area contributed by atoms with E-state index in [1.54, 1.807) is 7.11 Å². The number of aliphatic hydroxyl groups excluding tert-OH is 1. The number of rotatable bonds is 3. The highest BCUT2D eigenvalue weighted by molar-refractivity contribution is 5.16. The lowest BCUT2D eigenvalue weighted by molar-refractivity contribution is -0.360. The molecule has 2 aliphatic heterocycles. The number of hydrogen-bond donors (Lipinski definition) is 1. The van der Waals surface area contributed by atoms with Gasteiger partial charge in [-0.1, -0.05) is 30.3 Å². The first-order valence-electron chi connectivity index (χ1n) is 6.95. The molecule has 0 aliphatic carbocycles. The zero-order valence-corrected chi connectivity index (χ0v) is 12.0. The van der Waals surface area contributed by atoms with E-state index in [4.69, 9.17) is 23.7 Å². The van der Waals surface area contributed by atoms with Gasteiger partial charge in [0.15, 0.2) is 12.6 Å². The van der Waals surface area contributed by atoms with Crippen LogP contribution in [0.4, 0.5) is 0 Å². The van der Waals surface area contributed by atoms with Gasteiger partial charge in [-0.05, 0) is 0 Å². The lowest BCUT2D eigenvalue weighted by atomic mass is 9.97. The van der Waals surface area contributed by atoms with Crippen LogP contribution in [0, 0.1) is 0 Å². The van der Waals surface area contributed by atoms with Gasteiger partial charge in [0.25, 0.3) is 0 Å². The lowest BCUT2D eigenvalue weighted by Crippen LogP contribution is -2.62. The van der Waals surface area contributed by atoms with Crippen LogP contribution in [-0.2, 0) is 23.7 Å². The van der Waals surface area contributed by atoms with Crippen LogP contribution in [0.3, 0.4) is 0 Å². The van der Waals surface area contributed by atoms with Gasteiger partial charge in [-0.3, -0.25) is 0 Å². The van der Waals surface area contributed by atoms with Crippen LogP contribution in [0.5, 0.6) is 0 Å². The van der Waals surface area contributed by atoms with Crippen LogP contribution in [0.2, 0.25) is 0 Å². The minimum atomic E-state index is -0.907. The second kappa shape index (κ2) is 6.39. The van der Waals surface area contributed by atoms with Gasteiger partial charge in [0.2, 0.25) is 0 Å². The molecule has 1 aromatic rings. The summed E-state index contributed by atoms with van der Waals surface area (Å²) in [7, 11) is 3.03. The fourth-order valence-corrected chi connectivity index (χ4v) is 2.81. The molecule has 1 unspecified atom stereocenters. The first-order valence-corrected chi connectivity index (χ1v) is 6.95. The highest BCUT2D eigenvalue weighted by Gasteiger charge is 2.49. The molecule has 0 aromatic heterocycles. The fourth-order valence-electron chi connectivity index (χ4n) is 2.81. The monoisotopic (exact) mass is 296 g/mol. The number of ether oxygens (including phenoxy) is 5. The quantitative estimate of drug-likeness (QED) is 0.892. The standard InChI is InChI=1S/C15H20O6/c1-17-13-11(16)15(18-2)20-10-8-19-14(21-12(10)13)9-6-4-3-5-7-9/h3-7,10-16H,8H2,1-2H3/t10-,11-,12+,13-,14?,15+/m1/s1. The minimum Gasteiger partial charge on any atom is -0.385 e. The van der Waals surface area contributed by atoms with E-state index in [2.05, 4.69) is 0 Å². The topological polar surface area (TPSA) is 66.4 Å². The van der Waals surface area contributed by atoms with Gasteiger partial charge in [-0.2, -0.15) is 0 Å². The van der Waals surface area contributed by atoms with Crippen molar-refractivity contribution in [1.82, 2.24) is 0 Å². The molecule has 6 nitrogen and oxygen atoms in total. The van der Waals surface area contributed by atoms with Crippen LogP contribution >= 0.6 is 0 Å². The Morgan fingerprint density at radius 2 is 1.86 bits per heavy atom. The Hall–Kier alpha value is -1.02. The van der Waals surface area contributed by atoms with E-state index in [-0.39, 0.29) is 6.10 Å². The maximum atomic E-state index is 10.2. The Balaban J connectivity index is 1.77. The van der Waals surface area contributed by atoms with Crippen LogP contribution in [0.1, 0.15) is 11.9 Å². The van der Waals surface area contributed by atoms with Crippen molar-refractivity contribution in [2.24, 2.45) is 0 Å². The van der Waals surface area contributed by atoms with Crippen molar-refractivity contribution >= 4 is 0 Å². The van der Waals surface area contributed by atoms with E-state index < -0.39 is 30.9 Å². The van der Waals surface area contributed by atoms with E-state index in [1.807, 2.05) is 30.3 Å². The Morgan fingerprint density at radius 3 is 2.52 bits per heavy atom. The molecule has 0 radical (unpaired) electrons. The van der Waals surface area contributed by atoms with Gasteiger partial charge in [0, 0.05) is 19.8 Å². The van der Waals surface area contributed by atoms with Crippen LogP contribution in [0.25, 0.3) is 0 Å². The Morgan fingerprint density at radius 1 is 1.10 bits per heavy atom. The Labute approximate surface area is 123 Å². The molecule has 2 saturated heterocycles. The van der Waals surface area contributed by atoms with Gasteiger partial charge >= 0.3 is 0 Å². The molecular weight excluding hydrogens is 276 g/mol. The summed E-state index contributed by atoms with van der Waals surface area (Å²) in [5.41, 5.74) is 0.925. The molecule has 2 heterocycles. The third kappa shape index (κ3) is 2.83. The third-order valence-electron chi connectivity index (χ3n) is 3.88. The summed E-state index contributed by atoms with van der Waals surface area (Å²) in [6.45, 7) is 0.358. The van der Waals surface area contributed by atoms with E-state index in [0.717, 1.165) is 5.56 Å². The summed E-state index contributed by atoms with van der Waals surface area (Å²) in [6, 6.07) is 9.66. The summed E-state index contributed by atoms with van der Waals surface area (Å²) < 4.78 is 27.9. The third-order valence-corrected chi connectivity index (χ3v) is 3.88. The second-order valence-electron chi connectivity index (χ2n) is 5.15. The van der Waals surface area contributed by atoms with Crippen molar-refractivity contribution in [3.63, 3.8) is 0 Å². The van der Waals surface area contributed by atoms with Gasteiger partial charge in [-0.15, -0.1) is 0 Å². The van der Waals surface area contributed by atoms with Crippen molar-refractivity contribution in [3.8, 4) is 0 Å². The molecular formula is C15H20O6. The second-order valence-corrected chi connectivity index (χ2v) is 5.15.